The van der Waals surface area contributed by atoms with Crippen molar-refractivity contribution in [2.75, 3.05) is 19.7 Å². The van der Waals surface area contributed by atoms with Crippen molar-refractivity contribution in [2.24, 2.45) is 0 Å². The zero-order valence-electron chi connectivity index (χ0n) is 8.85. The van der Waals surface area contributed by atoms with E-state index in [1.807, 2.05) is 13.8 Å². The van der Waals surface area contributed by atoms with Crippen LogP contribution >= 0.6 is 0 Å². The Labute approximate surface area is 84.4 Å². The molecule has 0 aromatic heterocycles. The standard InChI is InChI=1S/C10H18N2O2/c1-9(2)6-11-7-10(8(13)12-9)4-3-5-14-10/h11H,3-7H2,1-2H3,(H,12,13). The first-order valence-corrected chi connectivity index (χ1v) is 5.21. The van der Waals surface area contributed by atoms with Gasteiger partial charge in [0.25, 0.3) is 5.91 Å². The third kappa shape index (κ3) is 1.64. The quantitative estimate of drug-likeness (QED) is 0.577. The van der Waals surface area contributed by atoms with Crippen molar-refractivity contribution in [3.05, 3.63) is 0 Å². The van der Waals surface area contributed by atoms with E-state index in [4.69, 9.17) is 4.74 Å². The number of amides is 1. The zero-order valence-corrected chi connectivity index (χ0v) is 8.85. The van der Waals surface area contributed by atoms with Crippen LogP contribution in [0, 0.1) is 0 Å². The summed E-state index contributed by atoms with van der Waals surface area (Å²) in [6.45, 7) is 6.18. The molecule has 2 heterocycles. The predicted octanol–water partition coefficient (Wildman–Crippen LogP) is 0.0336. The van der Waals surface area contributed by atoms with Crippen LogP contribution in [-0.2, 0) is 9.53 Å². The third-order valence-electron chi connectivity index (χ3n) is 2.95. The Hall–Kier alpha value is -0.610. The molecule has 2 N–H and O–H groups in total. The molecule has 0 radical (unpaired) electrons. The molecular formula is C10H18N2O2. The summed E-state index contributed by atoms with van der Waals surface area (Å²) >= 11 is 0. The lowest BCUT2D eigenvalue weighted by Crippen LogP contribution is -2.53. The van der Waals surface area contributed by atoms with Crippen molar-refractivity contribution in [1.82, 2.24) is 10.6 Å². The minimum absolute atomic E-state index is 0.0463. The van der Waals surface area contributed by atoms with Gasteiger partial charge in [0, 0.05) is 25.2 Å². The summed E-state index contributed by atoms with van der Waals surface area (Å²) in [5.74, 6) is 0.0463. The van der Waals surface area contributed by atoms with Crippen LogP contribution in [-0.4, -0.2) is 36.7 Å². The average molecular weight is 198 g/mol. The molecule has 2 rings (SSSR count). The number of hydrogen-bond donors (Lipinski definition) is 2. The molecule has 14 heavy (non-hydrogen) atoms. The van der Waals surface area contributed by atoms with Gasteiger partial charge in [-0.3, -0.25) is 4.79 Å². The monoisotopic (exact) mass is 198 g/mol. The van der Waals surface area contributed by atoms with Crippen LogP contribution in [0.3, 0.4) is 0 Å². The molecule has 2 fully saturated rings. The summed E-state index contributed by atoms with van der Waals surface area (Å²) in [5.41, 5.74) is -0.764. The van der Waals surface area contributed by atoms with Crippen molar-refractivity contribution in [3.63, 3.8) is 0 Å². The first-order valence-electron chi connectivity index (χ1n) is 5.21. The highest BCUT2D eigenvalue weighted by Crippen LogP contribution is 2.27. The van der Waals surface area contributed by atoms with Gasteiger partial charge in [-0.1, -0.05) is 0 Å². The Kier molecular flexibility index (Phi) is 2.27. The fraction of sp³-hybridized carbons (Fsp3) is 0.900. The molecule has 0 bridgehead atoms. The van der Waals surface area contributed by atoms with E-state index in [1.165, 1.54) is 0 Å². The van der Waals surface area contributed by atoms with E-state index in [0.29, 0.717) is 13.2 Å². The van der Waals surface area contributed by atoms with Crippen LogP contribution in [0.15, 0.2) is 0 Å². The van der Waals surface area contributed by atoms with Crippen molar-refractivity contribution >= 4 is 5.91 Å². The summed E-state index contributed by atoms with van der Waals surface area (Å²) in [7, 11) is 0. The molecule has 0 aliphatic carbocycles. The maximum absolute atomic E-state index is 12.0. The first-order chi connectivity index (χ1) is 6.54. The van der Waals surface area contributed by atoms with Gasteiger partial charge in [0.15, 0.2) is 5.60 Å². The topological polar surface area (TPSA) is 50.4 Å². The summed E-state index contributed by atoms with van der Waals surface area (Å²) in [6.07, 6.45) is 1.82. The van der Waals surface area contributed by atoms with Gasteiger partial charge in [0.2, 0.25) is 0 Å². The van der Waals surface area contributed by atoms with Crippen LogP contribution in [0.1, 0.15) is 26.7 Å². The second-order valence-electron chi connectivity index (χ2n) is 4.89. The largest absolute Gasteiger partial charge is 0.364 e. The predicted molar refractivity (Wildman–Crippen MR) is 53.0 cm³/mol. The number of ether oxygens (including phenoxy) is 1. The lowest BCUT2D eigenvalue weighted by Gasteiger charge is -2.27. The zero-order chi connectivity index (χ0) is 10.2. The number of rotatable bonds is 0. The minimum atomic E-state index is -0.590. The Morgan fingerprint density at radius 2 is 2.14 bits per heavy atom. The van der Waals surface area contributed by atoms with Crippen molar-refractivity contribution in [1.29, 1.82) is 0 Å². The van der Waals surface area contributed by atoms with Crippen LogP contribution in [0.25, 0.3) is 0 Å². The van der Waals surface area contributed by atoms with Gasteiger partial charge in [-0.25, -0.2) is 0 Å². The number of carbonyl (C=O) groups is 1. The van der Waals surface area contributed by atoms with E-state index in [2.05, 4.69) is 10.6 Å². The smallest absolute Gasteiger partial charge is 0.254 e. The van der Waals surface area contributed by atoms with Gasteiger partial charge >= 0.3 is 0 Å². The van der Waals surface area contributed by atoms with Crippen molar-refractivity contribution < 1.29 is 9.53 Å². The fourth-order valence-corrected chi connectivity index (χ4v) is 2.14. The van der Waals surface area contributed by atoms with Crippen LogP contribution in [0.5, 0.6) is 0 Å². The Morgan fingerprint density at radius 3 is 2.79 bits per heavy atom. The molecule has 2 saturated heterocycles. The molecule has 0 saturated carbocycles. The Balaban J connectivity index is 2.17. The maximum Gasteiger partial charge on any atom is 0.254 e. The van der Waals surface area contributed by atoms with Gasteiger partial charge in [-0.05, 0) is 26.7 Å². The van der Waals surface area contributed by atoms with Crippen molar-refractivity contribution in [3.8, 4) is 0 Å². The molecule has 2 aliphatic heterocycles. The van der Waals surface area contributed by atoms with E-state index >= 15 is 0 Å². The second kappa shape index (κ2) is 3.21. The third-order valence-corrected chi connectivity index (χ3v) is 2.95. The normalized spacial score (nSPS) is 36.9. The highest BCUT2D eigenvalue weighted by atomic mass is 16.5. The van der Waals surface area contributed by atoms with Crippen LogP contribution < -0.4 is 10.6 Å². The molecule has 1 amide bonds. The minimum Gasteiger partial charge on any atom is -0.364 e. The molecule has 0 aromatic rings. The van der Waals surface area contributed by atoms with Gasteiger partial charge in [-0.2, -0.15) is 0 Å². The van der Waals surface area contributed by atoms with E-state index in [1.54, 1.807) is 0 Å². The lowest BCUT2D eigenvalue weighted by molar-refractivity contribution is -0.141. The molecule has 4 nitrogen and oxygen atoms in total. The molecule has 1 spiro atoms. The number of hydrogen-bond acceptors (Lipinski definition) is 3. The number of nitrogens with one attached hydrogen (secondary N) is 2. The Morgan fingerprint density at radius 1 is 1.36 bits per heavy atom. The van der Waals surface area contributed by atoms with Gasteiger partial charge < -0.3 is 15.4 Å². The Bertz CT molecular complexity index is 245. The molecule has 4 heteroatoms. The molecule has 1 atom stereocenters. The first kappa shape index (κ1) is 9.93. The molecular weight excluding hydrogens is 180 g/mol. The molecule has 2 aliphatic rings. The van der Waals surface area contributed by atoms with E-state index in [0.717, 1.165) is 19.4 Å². The summed E-state index contributed by atoms with van der Waals surface area (Å²) in [4.78, 5) is 12.0. The second-order valence-corrected chi connectivity index (χ2v) is 4.89. The van der Waals surface area contributed by atoms with Gasteiger partial charge in [-0.15, -0.1) is 0 Å². The van der Waals surface area contributed by atoms with Crippen molar-refractivity contribution in [2.45, 2.75) is 37.8 Å². The van der Waals surface area contributed by atoms with Crippen LogP contribution in [0.4, 0.5) is 0 Å². The maximum atomic E-state index is 12.0. The van der Waals surface area contributed by atoms with Gasteiger partial charge in [0.05, 0.1) is 0 Å². The highest BCUT2D eigenvalue weighted by Gasteiger charge is 2.45. The van der Waals surface area contributed by atoms with Crippen LogP contribution in [0.2, 0.25) is 0 Å². The van der Waals surface area contributed by atoms with Gasteiger partial charge in [0.1, 0.15) is 0 Å². The lowest BCUT2D eigenvalue weighted by atomic mass is 9.99. The average Bonchev–Trinajstić information content (AvgIpc) is 2.48. The molecule has 80 valence electrons. The summed E-state index contributed by atoms with van der Waals surface area (Å²) in [6, 6.07) is 0. The molecule has 1 unspecified atom stereocenters. The van der Waals surface area contributed by atoms with E-state index < -0.39 is 5.60 Å². The SMILES string of the molecule is CC1(C)CNCC2(CCCO2)C(=O)N1. The van der Waals surface area contributed by atoms with E-state index in [9.17, 15) is 4.79 Å². The summed E-state index contributed by atoms with van der Waals surface area (Å²) < 4.78 is 5.59. The molecule has 0 aromatic carbocycles. The fourth-order valence-electron chi connectivity index (χ4n) is 2.14. The number of carbonyl (C=O) groups excluding carboxylic acids is 1. The summed E-state index contributed by atoms with van der Waals surface area (Å²) in [5, 5.41) is 6.32. The highest BCUT2D eigenvalue weighted by molar-refractivity contribution is 5.86. The van der Waals surface area contributed by atoms with E-state index in [-0.39, 0.29) is 11.4 Å².